The molecule has 0 spiro atoms. The van der Waals surface area contributed by atoms with Gasteiger partial charge in [-0.3, -0.25) is 9.59 Å². The Morgan fingerprint density at radius 3 is 2.60 bits per heavy atom. The second-order valence-corrected chi connectivity index (χ2v) is 3.42. The fourth-order valence-corrected chi connectivity index (χ4v) is 1.34. The topological polar surface area (TPSA) is 62.0 Å². The zero-order valence-corrected chi connectivity index (χ0v) is 9.04. The van der Waals surface area contributed by atoms with E-state index in [1.807, 2.05) is 13.8 Å². The first kappa shape index (κ1) is 11.5. The summed E-state index contributed by atoms with van der Waals surface area (Å²) in [7, 11) is 0. The van der Waals surface area contributed by atoms with Crippen LogP contribution in [-0.4, -0.2) is 16.9 Å². The maximum Gasteiger partial charge on any atom is 0.268 e. The number of pyridine rings is 1. The van der Waals surface area contributed by atoms with Gasteiger partial charge in [0.2, 0.25) is 5.56 Å². The monoisotopic (exact) mass is 208 g/mol. The summed E-state index contributed by atoms with van der Waals surface area (Å²) in [6, 6.07) is 4.72. The van der Waals surface area contributed by atoms with Crippen LogP contribution in [0.5, 0.6) is 0 Å². The molecule has 0 saturated heterocycles. The number of carbonyl (C=O) groups excluding carboxylic acids is 1. The Kier molecular flexibility index (Phi) is 4.09. The molecule has 0 aromatic carbocycles. The lowest BCUT2D eigenvalue weighted by Crippen LogP contribution is -2.35. The van der Waals surface area contributed by atoms with Gasteiger partial charge in [0.05, 0.1) is 0 Å². The van der Waals surface area contributed by atoms with Gasteiger partial charge in [-0.15, -0.1) is 0 Å². The Morgan fingerprint density at radius 1 is 1.40 bits per heavy atom. The van der Waals surface area contributed by atoms with Crippen LogP contribution in [-0.2, 0) is 0 Å². The van der Waals surface area contributed by atoms with Gasteiger partial charge in [-0.05, 0) is 18.9 Å². The highest BCUT2D eigenvalue weighted by Crippen LogP contribution is 1.98. The molecule has 0 radical (unpaired) electrons. The smallest absolute Gasteiger partial charge is 0.268 e. The van der Waals surface area contributed by atoms with Crippen molar-refractivity contribution >= 4 is 5.91 Å². The SMILES string of the molecule is CCC(CC)NC(=O)c1cccc(=O)[nH]1. The van der Waals surface area contributed by atoms with Crippen molar-refractivity contribution in [3.8, 4) is 0 Å². The molecule has 0 aliphatic heterocycles. The maximum absolute atomic E-state index is 11.6. The van der Waals surface area contributed by atoms with Gasteiger partial charge in [0.1, 0.15) is 5.69 Å². The Labute approximate surface area is 88.7 Å². The molecule has 0 saturated carbocycles. The van der Waals surface area contributed by atoms with E-state index in [1.165, 1.54) is 6.07 Å². The van der Waals surface area contributed by atoms with E-state index in [9.17, 15) is 9.59 Å². The van der Waals surface area contributed by atoms with Gasteiger partial charge in [0, 0.05) is 12.1 Å². The Balaban J connectivity index is 2.73. The molecule has 1 aromatic heterocycles. The first-order valence-corrected chi connectivity index (χ1v) is 5.17. The molecule has 0 aliphatic rings. The molecule has 82 valence electrons. The summed E-state index contributed by atoms with van der Waals surface area (Å²) in [5.41, 5.74) is 0.0570. The molecule has 0 aliphatic carbocycles. The number of aromatic amines is 1. The van der Waals surface area contributed by atoms with E-state index in [1.54, 1.807) is 12.1 Å². The highest BCUT2D eigenvalue weighted by atomic mass is 16.2. The molecular formula is C11H16N2O2. The second kappa shape index (κ2) is 5.34. The summed E-state index contributed by atoms with van der Waals surface area (Å²) >= 11 is 0. The van der Waals surface area contributed by atoms with E-state index < -0.39 is 0 Å². The van der Waals surface area contributed by atoms with Crippen molar-refractivity contribution < 1.29 is 4.79 Å². The van der Waals surface area contributed by atoms with Crippen LogP contribution in [0.4, 0.5) is 0 Å². The fraction of sp³-hybridized carbons (Fsp3) is 0.455. The Bertz CT molecular complexity index is 380. The highest BCUT2D eigenvalue weighted by molar-refractivity contribution is 5.92. The van der Waals surface area contributed by atoms with Crippen LogP contribution >= 0.6 is 0 Å². The van der Waals surface area contributed by atoms with Crippen molar-refractivity contribution in [2.45, 2.75) is 32.7 Å². The molecule has 15 heavy (non-hydrogen) atoms. The molecule has 1 aromatic rings. The van der Waals surface area contributed by atoms with E-state index in [2.05, 4.69) is 10.3 Å². The molecule has 1 amide bonds. The van der Waals surface area contributed by atoms with Crippen LogP contribution in [0, 0.1) is 0 Å². The molecule has 0 atom stereocenters. The third-order valence-corrected chi connectivity index (χ3v) is 2.33. The van der Waals surface area contributed by atoms with Crippen LogP contribution in [0.3, 0.4) is 0 Å². The normalized spacial score (nSPS) is 10.3. The predicted octanol–water partition coefficient (Wildman–Crippen LogP) is 1.29. The Hall–Kier alpha value is -1.58. The number of aromatic nitrogens is 1. The fourth-order valence-electron chi connectivity index (χ4n) is 1.34. The van der Waals surface area contributed by atoms with E-state index in [0.29, 0.717) is 5.69 Å². The average molecular weight is 208 g/mol. The summed E-state index contributed by atoms with van der Waals surface area (Å²) in [5, 5.41) is 2.85. The first-order valence-electron chi connectivity index (χ1n) is 5.17. The number of nitrogens with one attached hydrogen (secondary N) is 2. The van der Waals surface area contributed by atoms with Crippen LogP contribution in [0.2, 0.25) is 0 Å². The molecule has 4 heteroatoms. The van der Waals surface area contributed by atoms with Gasteiger partial charge in [-0.25, -0.2) is 0 Å². The molecule has 0 bridgehead atoms. The van der Waals surface area contributed by atoms with E-state index in [4.69, 9.17) is 0 Å². The lowest BCUT2D eigenvalue weighted by Gasteiger charge is -2.14. The third-order valence-electron chi connectivity index (χ3n) is 2.33. The standard InChI is InChI=1S/C11H16N2O2/c1-3-8(4-2)12-11(15)9-6-5-7-10(14)13-9/h5-8H,3-4H2,1-2H3,(H,12,15)(H,13,14). The van der Waals surface area contributed by atoms with Gasteiger partial charge < -0.3 is 10.3 Å². The number of hydrogen-bond acceptors (Lipinski definition) is 2. The number of H-pyrrole nitrogens is 1. The zero-order valence-electron chi connectivity index (χ0n) is 9.04. The minimum Gasteiger partial charge on any atom is -0.348 e. The summed E-state index contributed by atoms with van der Waals surface area (Å²) in [6.07, 6.45) is 1.78. The first-order chi connectivity index (χ1) is 7.17. The van der Waals surface area contributed by atoms with Gasteiger partial charge in [-0.2, -0.15) is 0 Å². The van der Waals surface area contributed by atoms with Gasteiger partial charge in [-0.1, -0.05) is 19.9 Å². The highest BCUT2D eigenvalue weighted by Gasteiger charge is 2.10. The van der Waals surface area contributed by atoms with E-state index >= 15 is 0 Å². The molecule has 0 fully saturated rings. The minimum atomic E-state index is -0.257. The van der Waals surface area contributed by atoms with Crippen molar-refractivity contribution in [1.29, 1.82) is 0 Å². The van der Waals surface area contributed by atoms with Crippen LogP contribution in [0.15, 0.2) is 23.0 Å². The van der Waals surface area contributed by atoms with E-state index in [-0.39, 0.29) is 17.5 Å². The van der Waals surface area contributed by atoms with Crippen molar-refractivity contribution in [2.24, 2.45) is 0 Å². The van der Waals surface area contributed by atoms with Crippen molar-refractivity contribution in [2.75, 3.05) is 0 Å². The van der Waals surface area contributed by atoms with Gasteiger partial charge >= 0.3 is 0 Å². The lowest BCUT2D eigenvalue weighted by molar-refractivity contribution is 0.0929. The maximum atomic E-state index is 11.6. The van der Waals surface area contributed by atoms with Crippen LogP contribution < -0.4 is 10.9 Å². The molecule has 1 heterocycles. The lowest BCUT2D eigenvalue weighted by atomic mass is 10.1. The number of amides is 1. The van der Waals surface area contributed by atoms with Crippen LogP contribution in [0.25, 0.3) is 0 Å². The minimum absolute atomic E-state index is 0.168. The van der Waals surface area contributed by atoms with Gasteiger partial charge in [0.25, 0.3) is 5.91 Å². The van der Waals surface area contributed by atoms with E-state index in [0.717, 1.165) is 12.8 Å². The number of carbonyl (C=O) groups is 1. The summed E-state index contributed by atoms with van der Waals surface area (Å²) < 4.78 is 0. The number of hydrogen-bond donors (Lipinski definition) is 2. The number of rotatable bonds is 4. The zero-order chi connectivity index (χ0) is 11.3. The molecule has 4 nitrogen and oxygen atoms in total. The van der Waals surface area contributed by atoms with Gasteiger partial charge in [0.15, 0.2) is 0 Å². The molecule has 2 N–H and O–H groups in total. The summed E-state index contributed by atoms with van der Waals surface area (Å²) in [6.45, 7) is 4.03. The largest absolute Gasteiger partial charge is 0.348 e. The summed E-state index contributed by atoms with van der Waals surface area (Å²) in [4.78, 5) is 25.1. The van der Waals surface area contributed by atoms with Crippen molar-refractivity contribution in [1.82, 2.24) is 10.3 Å². The Morgan fingerprint density at radius 2 is 2.07 bits per heavy atom. The predicted molar refractivity (Wildman–Crippen MR) is 58.9 cm³/mol. The van der Waals surface area contributed by atoms with Crippen molar-refractivity contribution in [3.63, 3.8) is 0 Å². The quantitative estimate of drug-likeness (QED) is 0.783. The summed E-state index contributed by atoms with van der Waals surface area (Å²) in [5.74, 6) is -0.221. The molecule has 0 unspecified atom stereocenters. The molecule has 1 rings (SSSR count). The average Bonchev–Trinajstić information content (AvgIpc) is 2.25. The van der Waals surface area contributed by atoms with Crippen LogP contribution in [0.1, 0.15) is 37.2 Å². The van der Waals surface area contributed by atoms with Crippen molar-refractivity contribution in [3.05, 3.63) is 34.2 Å². The third kappa shape index (κ3) is 3.23. The second-order valence-electron chi connectivity index (χ2n) is 3.42. The molecular weight excluding hydrogens is 192 g/mol.